The van der Waals surface area contributed by atoms with Gasteiger partial charge in [-0.05, 0) is 66.4 Å². The van der Waals surface area contributed by atoms with E-state index < -0.39 is 17.1 Å². The number of thioether (sulfide) groups is 1. The van der Waals surface area contributed by atoms with Crippen LogP contribution in [-0.4, -0.2) is 23.0 Å². The monoisotopic (exact) mass is 656 g/mol. The molecule has 9 heteroatoms. The fourth-order valence-electron chi connectivity index (χ4n) is 4.76. The predicted molar refractivity (Wildman–Crippen MR) is 191 cm³/mol. The van der Waals surface area contributed by atoms with Crippen LogP contribution >= 0.6 is 23.1 Å². The Labute approximate surface area is 282 Å². The number of nitriles is 1. The molecule has 0 aliphatic rings. The van der Waals surface area contributed by atoms with Crippen LogP contribution in [0.15, 0.2) is 125 Å². The highest BCUT2D eigenvalue weighted by molar-refractivity contribution is 8.00. The molecule has 0 radical (unpaired) electrons. The first-order valence-corrected chi connectivity index (χ1v) is 16.7. The molecule has 4 aromatic carbocycles. The molecule has 47 heavy (non-hydrogen) atoms. The standard InChI is InChI=1S/C38H32N4O3S2/c1-3-34(37(45)42-38-31(23-39)32(24-46-38)26-14-6-4-7-15-26)47-30-20-12-19-29(22-30)40-36(44)33(21-28-18-11-10-13-25(28)2)41-35(43)27-16-8-5-9-17-27/h4-22,24,34H,3H2,1-2H3,(H,40,44)(H,41,43)(H,42,45)/b33-21-. The van der Waals surface area contributed by atoms with E-state index >= 15 is 0 Å². The molecule has 0 bridgehead atoms. The smallest absolute Gasteiger partial charge is 0.272 e. The third kappa shape index (κ3) is 8.44. The summed E-state index contributed by atoms with van der Waals surface area (Å²) in [5.74, 6) is -1.10. The zero-order valence-corrected chi connectivity index (χ0v) is 27.5. The zero-order chi connectivity index (χ0) is 33.2. The van der Waals surface area contributed by atoms with Gasteiger partial charge >= 0.3 is 0 Å². The van der Waals surface area contributed by atoms with Crippen molar-refractivity contribution in [2.45, 2.75) is 30.4 Å². The summed E-state index contributed by atoms with van der Waals surface area (Å²) in [6, 6.07) is 35.4. The Morgan fingerprint density at radius 3 is 2.30 bits per heavy atom. The molecule has 1 aromatic heterocycles. The van der Waals surface area contributed by atoms with Gasteiger partial charge in [-0.2, -0.15) is 5.26 Å². The van der Waals surface area contributed by atoms with Crippen molar-refractivity contribution < 1.29 is 14.4 Å². The molecular weight excluding hydrogens is 625 g/mol. The van der Waals surface area contributed by atoms with Crippen molar-refractivity contribution in [1.29, 1.82) is 5.26 Å². The number of aryl methyl sites for hydroxylation is 1. The topological polar surface area (TPSA) is 111 Å². The molecule has 5 rings (SSSR count). The van der Waals surface area contributed by atoms with Crippen molar-refractivity contribution in [3.63, 3.8) is 0 Å². The normalized spacial score (nSPS) is 11.6. The predicted octanol–water partition coefficient (Wildman–Crippen LogP) is 8.51. The average Bonchev–Trinajstić information content (AvgIpc) is 3.50. The summed E-state index contributed by atoms with van der Waals surface area (Å²) in [5.41, 5.74) is 4.93. The van der Waals surface area contributed by atoms with Crippen LogP contribution in [0, 0.1) is 18.3 Å². The van der Waals surface area contributed by atoms with Crippen molar-refractivity contribution in [2.24, 2.45) is 0 Å². The molecule has 5 aromatic rings. The number of nitrogens with one attached hydrogen (secondary N) is 3. The van der Waals surface area contributed by atoms with Gasteiger partial charge in [0.15, 0.2) is 0 Å². The average molecular weight is 657 g/mol. The van der Waals surface area contributed by atoms with Crippen molar-refractivity contribution in [3.05, 3.63) is 143 Å². The van der Waals surface area contributed by atoms with Crippen LogP contribution in [0.2, 0.25) is 0 Å². The zero-order valence-electron chi connectivity index (χ0n) is 25.8. The highest BCUT2D eigenvalue weighted by Crippen LogP contribution is 2.36. The number of benzene rings is 4. The molecule has 0 fully saturated rings. The van der Waals surface area contributed by atoms with E-state index in [-0.39, 0.29) is 11.6 Å². The van der Waals surface area contributed by atoms with Crippen LogP contribution in [0.3, 0.4) is 0 Å². The largest absolute Gasteiger partial charge is 0.321 e. The van der Waals surface area contributed by atoms with Crippen LogP contribution in [0.25, 0.3) is 17.2 Å². The Morgan fingerprint density at radius 2 is 1.60 bits per heavy atom. The van der Waals surface area contributed by atoms with Crippen LogP contribution in [-0.2, 0) is 9.59 Å². The number of rotatable bonds is 11. The summed E-state index contributed by atoms with van der Waals surface area (Å²) in [5, 5.41) is 20.5. The SMILES string of the molecule is CCC(Sc1cccc(NC(=O)/C(=C/c2ccccc2C)NC(=O)c2ccccc2)c1)C(=O)Nc1scc(-c2ccccc2)c1C#N. The molecule has 0 saturated carbocycles. The summed E-state index contributed by atoms with van der Waals surface area (Å²) in [6.45, 7) is 3.86. The minimum atomic E-state index is -0.486. The Kier molecular flexibility index (Phi) is 11.0. The van der Waals surface area contributed by atoms with Gasteiger partial charge in [0.25, 0.3) is 11.8 Å². The molecule has 0 spiro atoms. The van der Waals surface area contributed by atoms with Gasteiger partial charge in [-0.3, -0.25) is 14.4 Å². The summed E-state index contributed by atoms with van der Waals surface area (Å²) < 4.78 is 0. The molecule has 1 atom stereocenters. The maximum absolute atomic E-state index is 13.6. The van der Waals surface area contributed by atoms with Crippen LogP contribution < -0.4 is 16.0 Å². The van der Waals surface area contributed by atoms with E-state index in [9.17, 15) is 19.6 Å². The van der Waals surface area contributed by atoms with E-state index in [0.29, 0.717) is 28.2 Å². The van der Waals surface area contributed by atoms with Crippen molar-refractivity contribution >= 4 is 57.6 Å². The molecule has 3 N–H and O–H groups in total. The second-order valence-corrected chi connectivity index (χ2v) is 12.7. The minimum Gasteiger partial charge on any atom is -0.321 e. The summed E-state index contributed by atoms with van der Waals surface area (Å²) in [6.07, 6.45) is 2.20. The lowest BCUT2D eigenvalue weighted by Crippen LogP contribution is -2.30. The Balaban J connectivity index is 1.31. The summed E-state index contributed by atoms with van der Waals surface area (Å²) >= 11 is 2.70. The highest BCUT2D eigenvalue weighted by atomic mass is 32.2. The molecule has 0 aliphatic heterocycles. The van der Waals surface area contributed by atoms with Crippen molar-refractivity contribution in [2.75, 3.05) is 10.6 Å². The lowest BCUT2D eigenvalue weighted by atomic mass is 10.1. The van der Waals surface area contributed by atoms with Gasteiger partial charge in [0.2, 0.25) is 5.91 Å². The molecule has 7 nitrogen and oxygen atoms in total. The third-order valence-electron chi connectivity index (χ3n) is 7.27. The highest BCUT2D eigenvalue weighted by Gasteiger charge is 2.22. The minimum absolute atomic E-state index is 0.0936. The van der Waals surface area contributed by atoms with E-state index in [2.05, 4.69) is 22.0 Å². The molecule has 0 saturated heterocycles. The third-order valence-corrected chi connectivity index (χ3v) is 9.53. The van der Waals surface area contributed by atoms with Crippen LogP contribution in [0.5, 0.6) is 0 Å². The lowest BCUT2D eigenvalue weighted by molar-refractivity contribution is -0.116. The summed E-state index contributed by atoms with van der Waals surface area (Å²) in [7, 11) is 0. The van der Waals surface area contributed by atoms with E-state index in [1.54, 1.807) is 48.5 Å². The Hall–Kier alpha value is -5.43. The van der Waals surface area contributed by atoms with Crippen LogP contribution in [0.4, 0.5) is 10.7 Å². The number of carbonyl (C=O) groups is 3. The van der Waals surface area contributed by atoms with Gasteiger partial charge in [0.05, 0.1) is 10.8 Å². The first kappa shape index (κ1) is 32.9. The van der Waals surface area contributed by atoms with E-state index in [4.69, 9.17) is 0 Å². The second-order valence-electron chi connectivity index (χ2n) is 10.6. The van der Waals surface area contributed by atoms with Gasteiger partial charge in [-0.1, -0.05) is 85.8 Å². The Bertz CT molecular complexity index is 1960. The molecular formula is C38H32N4O3S2. The molecule has 1 heterocycles. The molecule has 1 unspecified atom stereocenters. The molecule has 3 amide bonds. The van der Waals surface area contributed by atoms with Crippen molar-refractivity contribution in [3.8, 4) is 17.2 Å². The van der Waals surface area contributed by atoms with E-state index in [1.165, 1.54) is 23.1 Å². The number of hydrogen-bond donors (Lipinski definition) is 3. The Morgan fingerprint density at radius 1 is 0.894 bits per heavy atom. The lowest BCUT2D eigenvalue weighted by Gasteiger charge is -2.16. The summed E-state index contributed by atoms with van der Waals surface area (Å²) in [4.78, 5) is 40.7. The fourth-order valence-corrected chi connectivity index (χ4v) is 6.70. The van der Waals surface area contributed by atoms with Gasteiger partial charge in [-0.15, -0.1) is 23.1 Å². The molecule has 0 aliphatic carbocycles. The number of amides is 3. The number of anilines is 2. The number of carbonyl (C=O) groups excluding carboxylic acids is 3. The fraction of sp³-hybridized carbons (Fsp3) is 0.105. The van der Waals surface area contributed by atoms with E-state index in [1.807, 2.05) is 86.0 Å². The van der Waals surface area contributed by atoms with Crippen molar-refractivity contribution in [1.82, 2.24) is 5.32 Å². The van der Waals surface area contributed by atoms with Gasteiger partial charge in [-0.25, -0.2) is 0 Å². The first-order chi connectivity index (χ1) is 22.9. The second kappa shape index (κ2) is 15.7. The number of nitrogens with zero attached hydrogens (tertiary/aromatic N) is 1. The first-order valence-electron chi connectivity index (χ1n) is 15.0. The quantitative estimate of drug-likeness (QED) is 0.0975. The van der Waals surface area contributed by atoms with Crippen LogP contribution in [0.1, 0.15) is 40.4 Å². The maximum atomic E-state index is 13.6. The van der Waals surface area contributed by atoms with E-state index in [0.717, 1.165) is 27.1 Å². The maximum Gasteiger partial charge on any atom is 0.272 e. The van der Waals surface area contributed by atoms with Gasteiger partial charge in [0.1, 0.15) is 16.8 Å². The van der Waals surface area contributed by atoms with Gasteiger partial charge < -0.3 is 16.0 Å². The molecule has 234 valence electrons. The number of thiophene rings is 1. The number of hydrogen-bond acceptors (Lipinski definition) is 6. The van der Waals surface area contributed by atoms with Gasteiger partial charge in [0, 0.05) is 27.1 Å².